The topological polar surface area (TPSA) is 57.2 Å². The van der Waals surface area contributed by atoms with Crippen molar-refractivity contribution in [3.63, 3.8) is 0 Å². The van der Waals surface area contributed by atoms with Crippen molar-refractivity contribution in [3.05, 3.63) is 60.7 Å². The molecule has 6 nitrogen and oxygen atoms in total. The van der Waals surface area contributed by atoms with Crippen molar-refractivity contribution < 1.29 is 8.95 Å². The lowest BCUT2D eigenvalue weighted by atomic mass is 10.3. The maximum Gasteiger partial charge on any atom is 0.194 e. The van der Waals surface area contributed by atoms with Gasteiger partial charge in [0.15, 0.2) is 5.96 Å². The molecule has 0 amide bonds. The molecule has 0 spiro atoms. The highest BCUT2D eigenvalue weighted by Gasteiger charge is 2.19. The summed E-state index contributed by atoms with van der Waals surface area (Å²) >= 11 is 0. The third-order valence-corrected chi connectivity index (χ3v) is 6.32. The molecule has 2 aromatic carbocycles. The molecule has 0 saturated carbocycles. The van der Waals surface area contributed by atoms with Crippen LogP contribution in [-0.2, 0) is 10.8 Å². The Balaban J connectivity index is 1.41. The third kappa shape index (κ3) is 7.15. The monoisotopic (exact) mass is 428 g/mol. The molecule has 1 aliphatic heterocycles. The lowest BCUT2D eigenvalue weighted by Crippen LogP contribution is -2.53. The van der Waals surface area contributed by atoms with Gasteiger partial charge in [-0.2, -0.15) is 0 Å². The van der Waals surface area contributed by atoms with Crippen molar-refractivity contribution in [3.8, 4) is 5.75 Å². The fourth-order valence-corrected chi connectivity index (χ4v) is 4.30. The molecule has 30 heavy (non-hydrogen) atoms. The Kier molecular flexibility index (Phi) is 9.18. The Labute approximate surface area is 182 Å². The van der Waals surface area contributed by atoms with Gasteiger partial charge in [0, 0.05) is 49.9 Å². The minimum Gasteiger partial charge on any atom is -0.492 e. The average molecular weight is 429 g/mol. The van der Waals surface area contributed by atoms with Gasteiger partial charge in [-0.3, -0.25) is 14.1 Å². The second-order valence-electron chi connectivity index (χ2n) is 7.09. The number of nitrogens with zero attached hydrogens (tertiary/aromatic N) is 3. The highest BCUT2D eigenvalue weighted by molar-refractivity contribution is 7.85. The van der Waals surface area contributed by atoms with Crippen molar-refractivity contribution in [2.24, 2.45) is 4.99 Å². The molecule has 1 N–H and O–H groups in total. The number of piperazine rings is 1. The van der Waals surface area contributed by atoms with Gasteiger partial charge in [0.2, 0.25) is 0 Å². The molecule has 1 unspecified atom stereocenters. The molecule has 1 saturated heterocycles. The smallest absolute Gasteiger partial charge is 0.194 e. The normalized spacial score (nSPS) is 16.3. The number of rotatable bonds is 9. The fourth-order valence-electron chi connectivity index (χ4n) is 3.34. The molecule has 7 heteroatoms. The second kappa shape index (κ2) is 12.3. The summed E-state index contributed by atoms with van der Waals surface area (Å²) < 4.78 is 18.2. The Bertz CT molecular complexity index is 793. The van der Waals surface area contributed by atoms with E-state index in [-0.39, 0.29) is 0 Å². The van der Waals surface area contributed by atoms with Crippen molar-refractivity contribution in [1.29, 1.82) is 0 Å². The Morgan fingerprint density at radius 1 is 1.03 bits per heavy atom. The third-order valence-electron chi connectivity index (χ3n) is 4.97. The lowest BCUT2D eigenvalue weighted by Gasteiger charge is -2.36. The summed E-state index contributed by atoms with van der Waals surface area (Å²) in [5.41, 5.74) is 0. The number of hydrogen-bond donors (Lipinski definition) is 1. The van der Waals surface area contributed by atoms with E-state index >= 15 is 0 Å². The number of para-hydroxylation sites is 1. The summed E-state index contributed by atoms with van der Waals surface area (Å²) in [7, 11) is -1.01. The SMILES string of the molecule is CCNC(=NCCS(=O)c1ccccc1)N1CCN(CCOc2ccccc2)CC1. The van der Waals surface area contributed by atoms with E-state index in [9.17, 15) is 4.21 Å². The largest absolute Gasteiger partial charge is 0.492 e. The molecule has 0 aromatic heterocycles. The average Bonchev–Trinajstić information content (AvgIpc) is 2.80. The maximum atomic E-state index is 12.4. The lowest BCUT2D eigenvalue weighted by molar-refractivity contribution is 0.152. The van der Waals surface area contributed by atoms with Gasteiger partial charge in [0.25, 0.3) is 0 Å². The molecule has 1 aliphatic rings. The van der Waals surface area contributed by atoms with Crippen LogP contribution in [0.1, 0.15) is 6.92 Å². The van der Waals surface area contributed by atoms with E-state index in [0.717, 1.165) is 55.9 Å². The Morgan fingerprint density at radius 3 is 2.37 bits per heavy atom. The molecule has 0 radical (unpaired) electrons. The van der Waals surface area contributed by atoms with Crippen LogP contribution in [-0.4, -0.2) is 78.1 Å². The zero-order chi connectivity index (χ0) is 21.0. The summed E-state index contributed by atoms with van der Waals surface area (Å²) in [4.78, 5) is 10.3. The number of hydrogen-bond acceptors (Lipinski definition) is 4. The van der Waals surface area contributed by atoms with E-state index in [1.807, 2.05) is 60.7 Å². The van der Waals surface area contributed by atoms with Gasteiger partial charge in [-0.25, -0.2) is 0 Å². The minimum atomic E-state index is -1.01. The number of ether oxygens (including phenoxy) is 1. The van der Waals surface area contributed by atoms with E-state index in [4.69, 9.17) is 9.73 Å². The summed E-state index contributed by atoms with van der Waals surface area (Å²) in [5, 5.41) is 3.38. The van der Waals surface area contributed by atoms with Crippen molar-refractivity contribution in [2.45, 2.75) is 11.8 Å². The molecule has 0 aliphatic carbocycles. The first-order valence-electron chi connectivity index (χ1n) is 10.6. The zero-order valence-electron chi connectivity index (χ0n) is 17.7. The van der Waals surface area contributed by atoms with E-state index in [0.29, 0.717) is 18.9 Å². The van der Waals surface area contributed by atoms with Gasteiger partial charge in [0.1, 0.15) is 12.4 Å². The van der Waals surface area contributed by atoms with Crippen LogP contribution in [0.25, 0.3) is 0 Å². The van der Waals surface area contributed by atoms with Gasteiger partial charge >= 0.3 is 0 Å². The number of aliphatic imine (C=N–C) groups is 1. The van der Waals surface area contributed by atoms with Crippen LogP contribution in [0.3, 0.4) is 0 Å². The van der Waals surface area contributed by atoms with E-state index in [1.54, 1.807) is 0 Å². The van der Waals surface area contributed by atoms with Crippen LogP contribution in [0.5, 0.6) is 5.75 Å². The van der Waals surface area contributed by atoms with Crippen LogP contribution in [0, 0.1) is 0 Å². The van der Waals surface area contributed by atoms with Crippen molar-refractivity contribution >= 4 is 16.8 Å². The van der Waals surface area contributed by atoms with E-state index in [2.05, 4.69) is 22.0 Å². The highest BCUT2D eigenvalue weighted by atomic mass is 32.2. The van der Waals surface area contributed by atoms with Crippen LogP contribution in [0.4, 0.5) is 0 Å². The quantitative estimate of drug-likeness (QED) is 0.491. The zero-order valence-corrected chi connectivity index (χ0v) is 18.5. The van der Waals surface area contributed by atoms with Crippen LogP contribution in [0.15, 0.2) is 70.6 Å². The molecule has 0 bridgehead atoms. The molecular formula is C23H32N4O2S. The molecule has 3 rings (SSSR count). The molecule has 1 atom stereocenters. The maximum absolute atomic E-state index is 12.4. The first-order valence-corrected chi connectivity index (χ1v) is 11.9. The predicted octanol–water partition coefficient (Wildman–Crippen LogP) is 2.46. The summed E-state index contributed by atoms with van der Waals surface area (Å²) in [6.07, 6.45) is 0. The van der Waals surface area contributed by atoms with Crippen molar-refractivity contribution in [1.82, 2.24) is 15.1 Å². The van der Waals surface area contributed by atoms with Crippen LogP contribution < -0.4 is 10.1 Å². The molecule has 1 fully saturated rings. The van der Waals surface area contributed by atoms with E-state index < -0.39 is 10.8 Å². The summed E-state index contributed by atoms with van der Waals surface area (Å²) in [6, 6.07) is 19.6. The fraction of sp³-hybridized carbons (Fsp3) is 0.435. The molecule has 162 valence electrons. The molecule has 1 heterocycles. The van der Waals surface area contributed by atoms with Gasteiger partial charge in [-0.05, 0) is 31.2 Å². The standard InChI is InChI=1S/C23H32N4O2S/c1-2-24-23(25-13-20-30(28)22-11-7-4-8-12-22)27-16-14-26(15-17-27)18-19-29-21-9-5-3-6-10-21/h3-12H,2,13-20H2,1H3,(H,24,25). The predicted molar refractivity (Wildman–Crippen MR) is 124 cm³/mol. The Morgan fingerprint density at radius 2 is 1.70 bits per heavy atom. The van der Waals surface area contributed by atoms with Crippen LogP contribution in [0.2, 0.25) is 0 Å². The van der Waals surface area contributed by atoms with Crippen molar-refractivity contribution in [2.75, 3.05) is 58.2 Å². The summed E-state index contributed by atoms with van der Waals surface area (Å²) in [5.74, 6) is 2.38. The molecule has 2 aromatic rings. The van der Waals surface area contributed by atoms with Gasteiger partial charge in [0.05, 0.1) is 17.3 Å². The molecular weight excluding hydrogens is 396 g/mol. The van der Waals surface area contributed by atoms with Gasteiger partial charge < -0.3 is 15.0 Å². The highest BCUT2D eigenvalue weighted by Crippen LogP contribution is 2.09. The Hall–Kier alpha value is -2.38. The first-order chi connectivity index (χ1) is 14.8. The van der Waals surface area contributed by atoms with Gasteiger partial charge in [-0.15, -0.1) is 0 Å². The minimum absolute atomic E-state index is 0.537. The van der Waals surface area contributed by atoms with Gasteiger partial charge in [-0.1, -0.05) is 36.4 Å². The van der Waals surface area contributed by atoms with Crippen LogP contribution >= 0.6 is 0 Å². The summed E-state index contributed by atoms with van der Waals surface area (Å²) in [6.45, 7) is 8.90. The second-order valence-corrected chi connectivity index (χ2v) is 8.66. The van der Waals surface area contributed by atoms with E-state index in [1.165, 1.54) is 0 Å². The first kappa shape index (κ1) is 22.3. The number of guanidine groups is 1. The number of benzene rings is 2. The number of nitrogens with one attached hydrogen (secondary N) is 1.